The van der Waals surface area contributed by atoms with E-state index in [4.69, 9.17) is 0 Å². The van der Waals surface area contributed by atoms with Crippen molar-refractivity contribution in [2.45, 2.75) is 45.1 Å². The average molecular weight is 469 g/mol. The van der Waals surface area contributed by atoms with Crippen molar-refractivity contribution in [3.63, 3.8) is 0 Å². The first-order valence-electron chi connectivity index (χ1n) is 9.81. The Morgan fingerprint density at radius 2 is 2.00 bits per heavy atom. The van der Waals surface area contributed by atoms with Crippen LogP contribution in [0.25, 0.3) is 6.08 Å². The largest absolute Gasteiger partial charge is 0.299 e. The lowest BCUT2D eigenvalue weighted by molar-refractivity contribution is -0.117. The first-order chi connectivity index (χ1) is 14.4. The van der Waals surface area contributed by atoms with Crippen LogP contribution >= 0.6 is 23.1 Å². The Bertz CT molecular complexity index is 914. The summed E-state index contributed by atoms with van der Waals surface area (Å²) in [4.78, 5) is 12.7. The summed E-state index contributed by atoms with van der Waals surface area (Å²) < 4.78 is 27.4. The molecule has 0 radical (unpaired) electrons. The molecule has 0 spiro atoms. The van der Waals surface area contributed by atoms with Crippen molar-refractivity contribution in [1.29, 1.82) is 0 Å². The molecule has 2 aromatic rings. The van der Waals surface area contributed by atoms with E-state index < -0.39 is 22.0 Å². The number of amides is 1. The van der Waals surface area contributed by atoms with Crippen molar-refractivity contribution in [1.82, 2.24) is 14.9 Å². The number of nitrogens with one attached hydrogen (secondary N) is 2. The fourth-order valence-electron chi connectivity index (χ4n) is 2.57. The molecule has 0 bridgehead atoms. The van der Waals surface area contributed by atoms with Crippen LogP contribution in [-0.4, -0.2) is 42.6 Å². The van der Waals surface area contributed by atoms with Crippen LogP contribution in [0.1, 0.15) is 43.2 Å². The Balaban J connectivity index is 2.01. The van der Waals surface area contributed by atoms with Gasteiger partial charge in [-0.1, -0.05) is 61.4 Å². The Morgan fingerprint density at radius 1 is 1.23 bits per heavy atom. The minimum Gasteiger partial charge on any atom is -0.299 e. The normalized spacial score (nSPS) is 12.9. The van der Waals surface area contributed by atoms with Gasteiger partial charge in [0.1, 0.15) is 11.0 Å². The molecular weight excluding hydrogens is 440 g/mol. The lowest BCUT2D eigenvalue weighted by Gasteiger charge is -2.16. The third kappa shape index (κ3) is 8.95. The van der Waals surface area contributed by atoms with Crippen molar-refractivity contribution < 1.29 is 13.2 Å². The van der Waals surface area contributed by atoms with E-state index in [0.717, 1.165) is 41.7 Å². The van der Waals surface area contributed by atoms with E-state index in [2.05, 4.69) is 27.2 Å². The Labute approximate surface area is 186 Å². The van der Waals surface area contributed by atoms with E-state index in [1.54, 1.807) is 23.9 Å². The summed E-state index contributed by atoms with van der Waals surface area (Å²) in [5.74, 6) is 0.207. The minimum absolute atomic E-state index is 0.369. The summed E-state index contributed by atoms with van der Waals surface area (Å²) in [7, 11) is -3.79. The third-order valence-corrected chi connectivity index (χ3v) is 6.81. The van der Waals surface area contributed by atoms with Gasteiger partial charge in [0.2, 0.25) is 21.1 Å². The molecular formula is C20H28N4O3S3. The molecule has 1 unspecified atom stereocenters. The number of thioether (sulfide) groups is 1. The van der Waals surface area contributed by atoms with E-state index in [1.165, 1.54) is 17.4 Å². The number of rotatable bonds is 13. The highest BCUT2D eigenvalue weighted by atomic mass is 32.2. The molecule has 1 amide bonds. The topological polar surface area (TPSA) is 101 Å². The lowest BCUT2D eigenvalue weighted by atomic mass is 10.2. The molecule has 30 heavy (non-hydrogen) atoms. The zero-order valence-corrected chi connectivity index (χ0v) is 19.7. The average Bonchev–Trinajstić information content (AvgIpc) is 3.17. The molecule has 10 heteroatoms. The second kappa shape index (κ2) is 12.8. The van der Waals surface area contributed by atoms with Crippen LogP contribution < -0.4 is 10.0 Å². The van der Waals surface area contributed by atoms with Gasteiger partial charge in [0.05, 0.1) is 0 Å². The Kier molecular flexibility index (Phi) is 10.5. The number of hydrogen-bond donors (Lipinski definition) is 2. The van der Waals surface area contributed by atoms with Crippen molar-refractivity contribution in [3.05, 3.63) is 46.3 Å². The maximum Gasteiger partial charge on any atom is 0.244 e. The summed E-state index contributed by atoms with van der Waals surface area (Å²) >= 11 is 2.87. The van der Waals surface area contributed by atoms with Crippen LogP contribution in [0.3, 0.4) is 0 Å². The number of carbonyl (C=O) groups excluding carboxylic acids is 1. The summed E-state index contributed by atoms with van der Waals surface area (Å²) in [6.07, 6.45) is 7.88. The maximum atomic E-state index is 12.7. The number of anilines is 1. The SMILES string of the molecule is CCCCCc1nnc(NC(=O)C(CCSC)NS(=O)(=O)/C=C/c2ccccc2)s1. The predicted molar refractivity (Wildman–Crippen MR) is 126 cm³/mol. The number of aromatic nitrogens is 2. The van der Waals surface area contributed by atoms with Crippen LogP contribution in [0.4, 0.5) is 5.13 Å². The number of unbranched alkanes of at least 4 members (excludes halogenated alkanes) is 2. The number of benzene rings is 1. The minimum atomic E-state index is -3.79. The quantitative estimate of drug-likeness (QED) is 0.432. The fraction of sp³-hybridized carbons (Fsp3) is 0.450. The molecule has 1 aromatic carbocycles. The van der Waals surface area contributed by atoms with Crippen LogP contribution in [0, 0.1) is 0 Å². The first kappa shape index (κ1) is 24.5. The van der Waals surface area contributed by atoms with E-state index in [1.807, 2.05) is 24.5 Å². The number of hydrogen-bond acceptors (Lipinski definition) is 7. The summed E-state index contributed by atoms with van der Waals surface area (Å²) in [6, 6.07) is 8.22. The molecule has 2 rings (SSSR count). The van der Waals surface area contributed by atoms with Gasteiger partial charge < -0.3 is 0 Å². The molecule has 0 aliphatic rings. The zero-order chi connectivity index (χ0) is 21.8. The third-order valence-electron chi connectivity index (χ3n) is 4.16. The van der Waals surface area contributed by atoms with Gasteiger partial charge in [-0.15, -0.1) is 10.2 Å². The lowest BCUT2D eigenvalue weighted by Crippen LogP contribution is -2.43. The fourth-order valence-corrected chi connectivity index (χ4v) is 4.87. The van der Waals surface area contributed by atoms with Crippen molar-refractivity contribution >= 4 is 50.2 Å². The summed E-state index contributed by atoms with van der Waals surface area (Å²) in [5, 5.41) is 13.2. The standard InChI is InChI=1S/C20H28N4O3S3/c1-3-4-6-11-18-22-23-20(29-18)21-19(25)17(12-14-28-2)24-30(26,27)15-13-16-9-7-5-8-10-16/h5,7-10,13,15,17,24H,3-4,6,11-12,14H2,1-2H3,(H,21,23,25)/b15-13+. The van der Waals surface area contributed by atoms with E-state index in [0.29, 0.717) is 17.3 Å². The number of sulfonamides is 1. The molecule has 0 fully saturated rings. The summed E-state index contributed by atoms with van der Waals surface area (Å²) in [6.45, 7) is 2.14. The summed E-state index contributed by atoms with van der Waals surface area (Å²) in [5.41, 5.74) is 0.762. The van der Waals surface area contributed by atoms with Gasteiger partial charge in [0.25, 0.3) is 0 Å². The van der Waals surface area contributed by atoms with E-state index in [9.17, 15) is 13.2 Å². The van der Waals surface area contributed by atoms with Gasteiger partial charge in [0, 0.05) is 11.8 Å². The Morgan fingerprint density at radius 3 is 2.70 bits per heavy atom. The van der Waals surface area contributed by atoms with Gasteiger partial charge in [-0.25, -0.2) is 8.42 Å². The zero-order valence-electron chi connectivity index (χ0n) is 17.2. The van der Waals surface area contributed by atoms with Gasteiger partial charge in [-0.2, -0.15) is 16.5 Å². The highest BCUT2D eigenvalue weighted by molar-refractivity contribution is 7.98. The van der Waals surface area contributed by atoms with Gasteiger partial charge in [-0.3, -0.25) is 10.1 Å². The number of aryl methyl sites for hydroxylation is 1. The van der Waals surface area contributed by atoms with Crippen molar-refractivity contribution in [2.75, 3.05) is 17.3 Å². The molecule has 0 aliphatic heterocycles. The number of nitrogens with zero attached hydrogens (tertiary/aromatic N) is 2. The second-order valence-corrected chi connectivity index (χ2v) is 10.3. The van der Waals surface area contributed by atoms with E-state index >= 15 is 0 Å². The molecule has 7 nitrogen and oxygen atoms in total. The van der Waals surface area contributed by atoms with Crippen molar-refractivity contribution in [3.8, 4) is 0 Å². The predicted octanol–water partition coefficient (Wildman–Crippen LogP) is 3.92. The highest BCUT2D eigenvalue weighted by Gasteiger charge is 2.24. The van der Waals surface area contributed by atoms with Crippen LogP contribution in [0.2, 0.25) is 0 Å². The van der Waals surface area contributed by atoms with E-state index in [-0.39, 0.29) is 0 Å². The second-order valence-electron chi connectivity index (χ2n) is 6.66. The van der Waals surface area contributed by atoms with Crippen molar-refractivity contribution in [2.24, 2.45) is 0 Å². The maximum absolute atomic E-state index is 12.7. The molecule has 2 N–H and O–H groups in total. The number of carbonyl (C=O) groups is 1. The Hall–Kier alpha value is -1.75. The van der Waals surface area contributed by atoms with Crippen LogP contribution in [-0.2, 0) is 21.2 Å². The molecule has 0 aliphatic carbocycles. The smallest absolute Gasteiger partial charge is 0.244 e. The first-order valence-corrected chi connectivity index (χ1v) is 13.6. The monoisotopic (exact) mass is 468 g/mol. The van der Waals surface area contributed by atoms with Crippen LogP contribution in [0.5, 0.6) is 0 Å². The molecule has 0 saturated heterocycles. The van der Waals surface area contributed by atoms with Crippen LogP contribution in [0.15, 0.2) is 35.7 Å². The highest BCUT2D eigenvalue weighted by Crippen LogP contribution is 2.18. The molecule has 1 atom stereocenters. The van der Waals surface area contributed by atoms with Gasteiger partial charge >= 0.3 is 0 Å². The van der Waals surface area contributed by atoms with Gasteiger partial charge in [0.15, 0.2) is 0 Å². The van der Waals surface area contributed by atoms with Gasteiger partial charge in [-0.05, 0) is 36.5 Å². The molecule has 1 aromatic heterocycles. The molecule has 1 heterocycles. The molecule has 0 saturated carbocycles. The molecule has 164 valence electrons.